The number of phenolic OH excluding ortho intramolecular Hbond substituents is 1. The lowest BCUT2D eigenvalue weighted by atomic mass is 9.76. The van der Waals surface area contributed by atoms with Crippen LogP contribution in [-0.2, 0) is 17.8 Å². The number of phenols is 1. The molecule has 0 aromatic heterocycles. The molecule has 2 nitrogen and oxygen atoms in total. The molecule has 1 fully saturated rings. The molecule has 1 N–H and O–H groups in total. The van der Waals surface area contributed by atoms with Crippen molar-refractivity contribution in [2.24, 2.45) is 5.92 Å². The minimum atomic E-state index is -0.795. The van der Waals surface area contributed by atoms with E-state index in [-0.39, 0.29) is 29.7 Å². The van der Waals surface area contributed by atoms with Crippen LogP contribution < -0.4 is 0 Å². The van der Waals surface area contributed by atoms with Crippen LogP contribution in [0.3, 0.4) is 0 Å². The van der Waals surface area contributed by atoms with Crippen LogP contribution in [0, 0.1) is 23.4 Å². The maximum Gasteiger partial charge on any atom is 0.164 e. The Bertz CT molecular complexity index is 799. The van der Waals surface area contributed by atoms with Gasteiger partial charge in [0.2, 0.25) is 0 Å². The van der Waals surface area contributed by atoms with Crippen LogP contribution in [0.4, 0.5) is 13.2 Å². The molecule has 0 bridgehead atoms. The summed E-state index contributed by atoms with van der Waals surface area (Å²) < 4.78 is 47.8. The van der Waals surface area contributed by atoms with Gasteiger partial charge in [-0.2, -0.15) is 0 Å². The topological polar surface area (TPSA) is 29.5 Å². The molecule has 0 unspecified atom stereocenters. The Kier molecular flexibility index (Phi) is 7.00. The lowest BCUT2D eigenvalue weighted by Crippen LogP contribution is -2.16. The Morgan fingerprint density at radius 1 is 0.964 bits per heavy atom. The van der Waals surface area contributed by atoms with Crippen molar-refractivity contribution in [2.45, 2.75) is 58.0 Å². The van der Waals surface area contributed by atoms with Crippen LogP contribution in [0.25, 0.3) is 0 Å². The largest absolute Gasteiger partial charge is 0.508 e. The lowest BCUT2D eigenvalue weighted by Gasteiger charge is -2.29. The van der Waals surface area contributed by atoms with E-state index in [1.54, 1.807) is 18.2 Å². The average molecular weight is 392 g/mol. The fourth-order valence-corrected chi connectivity index (χ4v) is 4.10. The monoisotopic (exact) mass is 392 g/mol. The zero-order valence-corrected chi connectivity index (χ0v) is 16.2. The molecule has 0 heterocycles. The molecule has 0 aliphatic heterocycles. The van der Waals surface area contributed by atoms with Crippen molar-refractivity contribution in [1.82, 2.24) is 0 Å². The normalized spacial score (nSPS) is 19.7. The van der Waals surface area contributed by atoms with Gasteiger partial charge in [-0.25, -0.2) is 13.2 Å². The Morgan fingerprint density at radius 2 is 1.68 bits per heavy atom. The van der Waals surface area contributed by atoms with Gasteiger partial charge in [0.05, 0.1) is 6.61 Å². The molecule has 152 valence electrons. The summed E-state index contributed by atoms with van der Waals surface area (Å²) in [5.41, 5.74) is 1.33. The highest BCUT2D eigenvalue weighted by Gasteiger charge is 2.26. The highest BCUT2D eigenvalue weighted by molar-refractivity contribution is 5.29. The highest BCUT2D eigenvalue weighted by Crippen LogP contribution is 2.39. The van der Waals surface area contributed by atoms with Gasteiger partial charge in [0.15, 0.2) is 11.6 Å². The summed E-state index contributed by atoms with van der Waals surface area (Å²) in [6.45, 7) is 2.36. The van der Waals surface area contributed by atoms with Crippen molar-refractivity contribution in [3.8, 4) is 5.75 Å². The quantitative estimate of drug-likeness (QED) is 0.603. The minimum Gasteiger partial charge on any atom is -0.508 e. The molecule has 0 atom stereocenters. The Balaban J connectivity index is 1.55. The third-order valence-electron chi connectivity index (χ3n) is 5.80. The van der Waals surface area contributed by atoms with Gasteiger partial charge >= 0.3 is 0 Å². The predicted molar refractivity (Wildman–Crippen MR) is 103 cm³/mol. The smallest absolute Gasteiger partial charge is 0.164 e. The molecule has 1 saturated carbocycles. The number of aromatic hydroxyl groups is 1. The fourth-order valence-electron chi connectivity index (χ4n) is 4.10. The van der Waals surface area contributed by atoms with Crippen LogP contribution in [0.5, 0.6) is 5.75 Å². The first kappa shape index (κ1) is 20.7. The van der Waals surface area contributed by atoms with Crippen LogP contribution in [0.15, 0.2) is 30.3 Å². The van der Waals surface area contributed by atoms with Gasteiger partial charge < -0.3 is 9.84 Å². The lowest BCUT2D eigenvalue weighted by molar-refractivity contribution is 0.130. The SMILES string of the molecule is CCOCc1ccc(C2CCC(CCc3ccc(O)cc3F)CC2)c(F)c1F. The molecule has 5 heteroatoms. The number of ether oxygens (including phenoxy) is 1. The molecule has 2 aromatic rings. The molecule has 1 aliphatic rings. The van der Waals surface area contributed by atoms with Gasteiger partial charge in [-0.05, 0) is 74.5 Å². The van der Waals surface area contributed by atoms with Gasteiger partial charge in [-0.3, -0.25) is 0 Å². The number of benzene rings is 2. The molecule has 2 aromatic carbocycles. The van der Waals surface area contributed by atoms with E-state index >= 15 is 0 Å². The van der Waals surface area contributed by atoms with E-state index in [0.29, 0.717) is 30.1 Å². The summed E-state index contributed by atoms with van der Waals surface area (Å²) in [5.74, 6) is -1.50. The Morgan fingerprint density at radius 3 is 2.36 bits per heavy atom. The van der Waals surface area contributed by atoms with E-state index in [9.17, 15) is 18.3 Å². The van der Waals surface area contributed by atoms with Gasteiger partial charge in [-0.1, -0.05) is 18.2 Å². The van der Waals surface area contributed by atoms with Gasteiger partial charge in [-0.15, -0.1) is 0 Å². The fraction of sp³-hybridized carbons (Fsp3) is 0.478. The Hall–Kier alpha value is -2.01. The summed E-state index contributed by atoms with van der Waals surface area (Å²) in [4.78, 5) is 0. The number of aryl methyl sites for hydroxylation is 1. The first-order chi connectivity index (χ1) is 13.5. The first-order valence-electron chi connectivity index (χ1n) is 10.0. The van der Waals surface area contributed by atoms with Crippen LogP contribution >= 0.6 is 0 Å². The summed E-state index contributed by atoms with van der Waals surface area (Å²) in [5, 5.41) is 9.29. The van der Waals surface area contributed by atoms with Crippen molar-refractivity contribution in [1.29, 1.82) is 0 Å². The predicted octanol–water partition coefficient (Wildman–Crippen LogP) is 6.25. The number of halogens is 3. The second-order valence-electron chi connectivity index (χ2n) is 7.61. The molecule has 0 spiro atoms. The third-order valence-corrected chi connectivity index (χ3v) is 5.80. The molecule has 1 aliphatic carbocycles. The highest BCUT2D eigenvalue weighted by atomic mass is 19.2. The van der Waals surface area contributed by atoms with E-state index in [1.165, 1.54) is 6.07 Å². The van der Waals surface area contributed by atoms with E-state index in [4.69, 9.17) is 4.74 Å². The van der Waals surface area contributed by atoms with Crippen LogP contribution in [0.1, 0.15) is 61.6 Å². The maximum absolute atomic E-state index is 14.5. The molecular formula is C23H27F3O2. The molecule has 28 heavy (non-hydrogen) atoms. The van der Waals surface area contributed by atoms with E-state index in [2.05, 4.69) is 0 Å². The summed E-state index contributed by atoms with van der Waals surface area (Å²) >= 11 is 0. The Labute approximate surface area is 164 Å². The van der Waals surface area contributed by atoms with Crippen molar-refractivity contribution >= 4 is 0 Å². The third kappa shape index (κ3) is 4.88. The summed E-state index contributed by atoms with van der Waals surface area (Å²) in [7, 11) is 0. The number of hydrogen-bond acceptors (Lipinski definition) is 2. The molecular weight excluding hydrogens is 365 g/mol. The second kappa shape index (κ2) is 9.46. The standard InChI is InChI=1S/C23H27F3O2/c1-2-28-14-18-10-12-20(23(26)22(18)25)16-6-3-15(4-7-16)5-8-17-9-11-19(27)13-21(17)24/h9-13,15-16,27H,2-8,14H2,1H3. The average Bonchev–Trinajstić information content (AvgIpc) is 2.69. The molecule has 0 saturated heterocycles. The number of hydrogen-bond donors (Lipinski definition) is 1. The summed E-state index contributed by atoms with van der Waals surface area (Å²) in [6.07, 6.45) is 4.95. The zero-order valence-electron chi connectivity index (χ0n) is 16.2. The summed E-state index contributed by atoms with van der Waals surface area (Å²) in [6, 6.07) is 7.59. The first-order valence-corrected chi connectivity index (χ1v) is 10.0. The second-order valence-corrected chi connectivity index (χ2v) is 7.61. The van der Waals surface area contributed by atoms with Gasteiger partial charge in [0.1, 0.15) is 11.6 Å². The van der Waals surface area contributed by atoms with Crippen molar-refractivity contribution in [3.63, 3.8) is 0 Å². The van der Waals surface area contributed by atoms with Gasteiger partial charge in [0.25, 0.3) is 0 Å². The van der Waals surface area contributed by atoms with Crippen LogP contribution in [-0.4, -0.2) is 11.7 Å². The molecule has 3 rings (SSSR count). The number of rotatable bonds is 7. The maximum atomic E-state index is 14.5. The van der Waals surface area contributed by atoms with Crippen molar-refractivity contribution < 1.29 is 23.0 Å². The molecule has 0 radical (unpaired) electrons. The van der Waals surface area contributed by atoms with Crippen LogP contribution in [0.2, 0.25) is 0 Å². The zero-order chi connectivity index (χ0) is 20.1. The van der Waals surface area contributed by atoms with Crippen molar-refractivity contribution in [2.75, 3.05) is 6.61 Å². The van der Waals surface area contributed by atoms with E-state index in [1.807, 2.05) is 6.92 Å². The van der Waals surface area contributed by atoms with E-state index in [0.717, 1.165) is 38.2 Å². The minimum absolute atomic E-state index is 0.0253. The van der Waals surface area contributed by atoms with Gasteiger partial charge in [0, 0.05) is 18.2 Å². The van der Waals surface area contributed by atoms with E-state index < -0.39 is 11.6 Å². The molecule has 0 amide bonds. The van der Waals surface area contributed by atoms with Crippen molar-refractivity contribution in [3.05, 3.63) is 64.5 Å².